The molecule has 2 aliphatic carbocycles. The summed E-state index contributed by atoms with van der Waals surface area (Å²) in [6.07, 6.45) is -1.66. The van der Waals surface area contributed by atoms with Gasteiger partial charge in [-0.05, 0) is 42.9 Å². The molecule has 7 nitrogen and oxygen atoms in total. The smallest absolute Gasteiger partial charge is 0.249 e. The van der Waals surface area contributed by atoms with Crippen LogP contribution in [-0.2, 0) is 14.6 Å². The summed E-state index contributed by atoms with van der Waals surface area (Å²) in [5, 5.41) is 10.7. The minimum atomic E-state index is -3.03. The average Bonchev–Trinajstić information content (AvgIpc) is 3.32. The lowest BCUT2D eigenvalue weighted by molar-refractivity contribution is -0.136. The van der Waals surface area contributed by atoms with Crippen molar-refractivity contribution in [2.24, 2.45) is 23.0 Å². The number of benzene rings is 1. The maximum Gasteiger partial charge on any atom is 0.249 e. The van der Waals surface area contributed by atoms with E-state index in [4.69, 9.17) is 10.7 Å². The summed E-state index contributed by atoms with van der Waals surface area (Å²) in [7, 11) is -3.03. The van der Waals surface area contributed by atoms with Crippen molar-refractivity contribution in [3.05, 3.63) is 35.0 Å². The molecular formula is C29H35F3N4O3S2. The van der Waals surface area contributed by atoms with Crippen LogP contribution in [-0.4, -0.2) is 56.0 Å². The summed E-state index contributed by atoms with van der Waals surface area (Å²) in [5.74, 6) is -5.51. The van der Waals surface area contributed by atoms with Crippen LogP contribution in [0.2, 0.25) is 0 Å². The number of amides is 1. The quantitative estimate of drug-likeness (QED) is 0.448. The summed E-state index contributed by atoms with van der Waals surface area (Å²) in [5.41, 5.74) is 6.68. The summed E-state index contributed by atoms with van der Waals surface area (Å²) < 4.78 is 66.4. The molecule has 3 fully saturated rings. The highest BCUT2D eigenvalue weighted by molar-refractivity contribution is 7.91. The van der Waals surface area contributed by atoms with Crippen molar-refractivity contribution >= 4 is 32.8 Å². The zero-order valence-corrected chi connectivity index (χ0v) is 24.8. The molecule has 12 heteroatoms. The molecule has 1 amide bonds. The number of nitrogens with two attached hydrogens (primary N) is 1. The Bertz CT molecular complexity index is 1430. The zero-order valence-electron chi connectivity index (χ0n) is 23.2. The zero-order chi connectivity index (χ0) is 29.7. The van der Waals surface area contributed by atoms with Gasteiger partial charge in [-0.25, -0.2) is 26.6 Å². The van der Waals surface area contributed by atoms with E-state index >= 15 is 4.39 Å². The largest absolute Gasteiger partial charge is 0.369 e. The molecule has 3 aliphatic rings. The number of carbonyl (C=O) groups excluding carboxylic acids is 1. The van der Waals surface area contributed by atoms with Crippen LogP contribution in [0.25, 0.3) is 10.4 Å². The molecule has 2 heterocycles. The van der Waals surface area contributed by atoms with E-state index in [-0.39, 0.29) is 49.5 Å². The molecule has 1 aliphatic heterocycles. The number of carbonyl (C=O) groups is 1. The van der Waals surface area contributed by atoms with Gasteiger partial charge in [-0.2, -0.15) is 5.26 Å². The lowest BCUT2D eigenvalue weighted by atomic mass is 9.55. The SMILES string of the molecule is CC(C)[C@H](C#N)C1(C(N)=O)CC(F)CCC1c1nc(C2CC(F)(F)C2)sc1-c1ccc(N2CCS(=O)(=O)CC2)cc1. The molecule has 1 aromatic heterocycles. The molecule has 0 bridgehead atoms. The van der Waals surface area contributed by atoms with Gasteiger partial charge in [-0.15, -0.1) is 11.3 Å². The lowest BCUT2D eigenvalue weighted by Gasteiger charge is -2.46. The Balaban J connectivity index is 1.58. The Labute approximate surface area is 242 Å². The number of hydrogen-bond donors (Lipinski definition) is 1. The lowest BCUT2D eigenvalue weighted by Crippen LogP contribution is -2.52. The third kappa shape index (κ3) is 5.59. The molecule has 1 saturated heterocycles. The molecule has 2 saturated carbocycles. The van der Waals surface area contributed by atoms with E-state index in [2.05, 4.69) is 6.07 Å². The number of sulfone groups is 1. The number of aromatic nitrogens is 1. The third-order valence-electron chi connectivity index (χ3n) is 9.05. The van der Waals surface area contributed by atoms with E-state index in [0.717, 1.165) is 11.3 Å². The number of rotatable bonds is 7. The van der Waals surface area contributed by atoms with Crippen molar-refractivity contribution in [2.75, 3.05) is 29.5 Å². The first-order chi connectivity index (χ1) is 19.3. The van der Waals surface area contributed by atoms with Gasteiger partial charge < -0.3 is 10.6 Å². The number of anilines is 1. The first-order valence-corrected chi connectivity index (χ1v) is 16.7. The minimum absolute atomic E-state index is 0.0888. The number of nitriles is 1. The number of thiazole rings is 1. The van der Waals surface area contributed by atoms with Crippen molar-refractivity contribution in [3.63, 3.8) is 0 Å². The van der Waals surface area contributed by atoms with E-state index in [9.17, 15) is 27.3 Å². The average molecular weight is 609 g/mol. The van der Waals surface area contributed by atoms with Crippen LogP contribution >= 0.6 is 11.3 Å². The normalized spacial score (nSPS) is 28.6. The second-order valence-electron chi connectivity index (χ2n) is 12.1. The number of nitrogens with zero attached hydrogens (tertiary/aromatic N) is 3. The van der Waals surface area contributed by atoms with E-state index in [1.807, 2.05) is 43.0 Å². The van der Waals surface area contributed by atoms with Gasteiger partial charge in [0.2, 0.25) is 11.8 Å². The van der Waals surface area contributed by atoms with Gasteiger partial charge in [-0.3, -0.25) is 4.79 Å². The van der Waals surface area contributed by atoms with Gasteiger partial charge in [0, 0.05) is 43.5 Å². The van der Waals surface area contributed by atoms with Crippen LogP contribution in [0.3, 0.4) is 0 Å². The molecule has 0 spiro atoms. The van der Waals surface area contributed by atoms with Gasteiger partial charge in [-0.1, -0.05) is 26.0 Å². The molecule has 41 heavy (non-hydrogen) atoms. The second kappa shape index (κ2) is 10.9. The maximum absolute atomic E-state index is 15.0. The molecule has 222 valence electrons. The van der Waals surface area contributed by atoms with Crippen LogP contribution < -0.4 is 10.6 Å². The fraction of sp³-hybridized carbons (Fsp3) is 0.621. The molecule has 3 unspecified atom stereocenters. The summed E-state index contributed by atoms with van der Waals surface area (Å²) in [4.78, 5) is 20.8. The van der Waals surface area contributed by atoms with Gasteiger partial charge in [0.25, 0.3) is 0 Å². The Hall–Kier alpha value is -2.65. The monoisotopic (exact) mass is 608 g/mol. The fourth-order valence-corrected chi connectivity index (χ4v) is 9.26. The Kier molecular flexibility index (Phi) is 7.92. The standard InChI is InChI=1S/C29H35F3N4O3S2/c1-17(2)23(16-33)29(27(34)37)15-20(30)5-8-22(29)24-25(40-26(35-24)19-13-28(31,32)14-19)18-3-6-21(7-4-18)36-9-11-41(38,39)12-10-36/h3-4,6-7,17,19-20,22-23H,5,8-15H2,1-2H3,(H2,34,37)/t20?,22?,23-,29?/m0/s1. The second-order valence-corrected chi connectivity index (χ2v) is 15.4. The summed E-state index contributed by atoms with van der Waals surface area (Å²) >= 11 is 1.31. The highest BCUT2D eigenvalue weighted by Crippen LogP contribution is 2.58. The van der Waals surface area contributed by atoms with E-state index in [0.29, 0.717) is 28.7 Å². The van der Waals surface area contributed by atoms with Crippen LogP contribution in [0.15, 0.2) is 24.3 Å². The topological polar surface area (TPSA) is 117 Å². The molecule has 2 N–H and O–H groups in total. The number of hydrogen-bond acceptors (Lipinski definition) is 7. The molecule has 1 aromatic carbocycles. The number of halogens is 3. The molecular weight excluding hydrogens is 573 g/mol. The number of alkyl halides is 3. The van der Waals surface area contributed by atoms with Crippen molar-refractivity contribution in [2.45, 2.75) is 69.9 Å². The molecule has 5 rings (SSSR count). The highest BCUT2D eigenvalue weighted by Gasteiger charge is 2.57. The molecule has 4 atom stereocenters. The Morgan fingerprint density at radius 2 is 1.78 bits per heavy atom. The molecule has 0 radical (unpaired) electrons. The third-order valence-corrected chi connectivity index (χ3v) is 11.9. The van der Waals surface area contributed by atoms with Crippen molar-refractivity contribution in [1.29, 1.82) is 5.26 Å². The van der Waals surface area contributed by atoms with E-state index < -0.39 is 51.0 Å². The Morgan fingerprint density at radius 1 is 1.15 bits per heavy atom. The maximum atomic E-state index is 15.0. The van der Waals surface area contributed by atoms with E-state index in [1.54, 1.807) is 0 Å². The van der Waals surface area contributed by atoms with E-state index in [1.165, 1.54) is 11.3 Å². The van der Waals surface area contributed by atoms with Crippen molar-refractivity contribution in [1.82, 2.24) is 4.98 Å². The fourth-order valence-electron chi connectivity index (χ4n) is 6.82. The predicted molar refractivity (Wildman–Crippen MR) is 152 cm³/mol. The van der Waals surface area contributed by atoms with Crippen LogP contribution in [0.4, 0.5) is 18.9 Å². The van der Waals surface area contributed by atoms with Crippen molar-refractivity contribution in [3.8, 4) is 16.5 Å². The first kappa shape index (κ1) is 29.8. The molecule has 2 aromatic rings. The van der Waals surface area contributed by atoms with Crippen molar-refractivity contribution < 1.29 is 26.4 Å². The van der Waals surface area contributed by atoms with Crippen LogP contribution in [0, 0.1) is 28.6 Å². The predicted octanol–water partition coefficient (Wildman–Crippen LogP) is 5.43. The van der Waals surface area contributed by atoms with Crippen LogP contribution in [0.5, 0.6) is 0 Å². The van der Waals surface area contributed by atoms with Gasteiger partial charge >= 0.3 is 0 Å². The van der Waals surface area contributed by atoms with Gasteiger partial charge in [0.15, 0.2) is 9.84 Å². The van der Waals surface area contributed by atoms with Gasteiger partial charge in [0.05, 0.1) is 44.5 Å². The summed E-state index contributed by atoms with van der Waals surface area (Å²) in [6.45, 7) is 4.41. The first-order valence-electron chi connectivity index (χ1n) is 14.0. The minimum Gasteiger partial charge on any atom is -0.369 e. The van der Waals surface area contributed by atoms with Gasteiger partial charge in [0.1, 0.15) is 6.17 Å². The Morgan fingerprint density at radius 3 is 2.32 bits per heavy atom. The summed E-state index contributed by atoms with van der Waals surface area (Å²) in [6, 6.07) is 9.78. The van der Waals surface area contributed by atoms with Crippen LogP contribution in [0.1, 0.15) is 68.5 Å². The highest BCUT2D eigenvalue weighted by atomic mass is 32.2. The number of primary amides is 1.